The predicted molar refractivity (Wildman–Crippen MR) is 136 cm³/mol. The van der Waals surface area contributed by atoms with Gasteiger partial charge in [-0.05, 0) is 54.0 Å². The summed E-state index contributed by atoms with van der Waals surface area (Å²) in [6.07, 6.45) is 9.10. The molecule has 1 saturated carbocycles. The second-order valence-electron chi connectivity index (χ2n) is 9.39. The van der Waals surface area contributed by atoms with Crippen LogP contribution >= 0.6 is 0 Å². The zero-order chi connectivity index (χ0) is 24.3. The Morgan fingerprint density at radius 1 is 1.20 bits per heavy atom. The molecule has 4 aromatic heterocycles. The molecule has 9 heteroatoms. The van der Waals surface area contributed by atoms with E-state index in [4.69, 9.17) is 5.73 Å². The van der Waals surface area contributed by atoms with E-state index in [1.54, 1.807) is 10.9 Å². The van der Waals surface area contributed by atoms with Gasteiger partial charge in [-0.1, -0.05) is 6.58 Å². The Balaban J connectivity index is 1.25. The van der Waals surface area contributed by atoms with E-state index in [0.29, 0.717) is 11.6 Å². The fourth-order valence-corrected chi connectivity index (χ4v) is 4.70. The zero-order valence-corrected chi connectivity index (χ0v) is 19.7. The van der Waals surface area contributed by atoms with Gasteiger partial charge in [0.2, 0.25) is 5.91 Å². The molecule has 0 bridgehead atoms. The van der Waals surface area contributed by atoms with Crippen LogP contribution in [0.25, 0.3) is 22.0 Å². The second kappa shape index (κ2) is 7.90. The van der Waals surface area contributed by atoms with Crippen LogP contribution in [0.15, 0.2) is 55.3 Å². The fourth-order valence-electron chi connectivity index (χ4n) is 4.70. The highest BCUT2D eigenvalue weighted by atomic mass is 16.2. The minimum absolute atomic E-state index is 0.0313. The van der Waals surface area contributed by atoms with Gasteiger partial charge in [0, 0.05) is 61.2 Å². The number of nitrogens with two attached hydrogens (primary N) is 1. The molecule has 1 aliphatic carbocycles. The number of nitrogen functional groups attached to an aromatic ring is 1. The highest BCUT2D eigenvalue weighted by Gasteiger charge is 2.44. The Hall–Kier alpha value is -4.27. The monoisotopic (exact) mass is 466 g/mol. The van der Waals surface area contributed by atoms with Crippen LogP contribution in [0.4, 0.5) is 17.5 Å². The number of carbonyl (C=O) groups is 1. The maximum atomic E-state index is 12.8. The summed E-state index contributed by atoms with van der Waals surface area (Å²) in [5.41, 5.74) is 11.2. The third-order valence-electron chi connectivity index (χ3n) is 6.93. The van der Waals surface area contributed by atoms with Crippen molar-refractivity contribution < 1.29 is 4.79 Å². The topological polar surface area (TPSA) is 115 Å². The van der Waals surface area contributed by atoms with E-state index < -0.39 is 0 Å². The van der Waals surface area contributed by atoms with Crippen molar-refractivity contribution >= 4 is 34.1 Å². The Bertz CT molecular complexity index is 1510. The Labute approximate surface area is 202 Å². The molecule has 1 aliphatic heterocycles. The molecule has 0 spiro atoms. The molecule has 0 aromatic carbocycles. The van der Waals surface area contributed by atoms with Gasteiger partial charge in [0.1, 0.15) is 17.5 Å². The van der Waals surface area contributed by atoms with Crippen LogP contribution in [0.2, 0.25) is 0 Å². The van der Waals surface area contributed by atoms with Gasteiger partial charge >= 0.3 is 0 Å². The number of anilines is 3. The Morgan fingerprint density at radius 2 is 2.06 bits per heavy atom. The van der Waals surface area contributed by atoms with Crippen LogP contribution in [0, 0.1) is 12.8 Å². The number of hydrogen-bond donors (Lipinski definition) is 2. The minimum atomic E-state index is -0.0653. The summed E-state index contributed by atoms with van der Waals surface area (Å²) in [6.45, 7) is 7.04. The summed E-state index contributed by atoms with van der Waals surface area (Å²) in [4.78, 5) is 28.5. The lowest BCUT2D eigenvalue weighted by Crippen LogP contribution is -2.34. The molecule has 3 N–H and O–H groups in total. The van der Waals surface area contributed by atoms with Crippen molar-refractivity contribution in [3.05, 3.63) is 66.4 Å². The lowest BCUT2D eigenvalue weighted by molar-refractivity contribution is -0.117. The van der Waals surface area contributed by atoms with Crippen LogP contribution in [-0.4, -0.2) is 37.2 Å². The van der Waals surface area contributed by atoms with Gasteiger partial charge in [0.05, 0.1) is 11.9 Å². The van der Waals surface area contributed by atoms with Gasteiger partial charge < -0.3 is 16.0 Å². The Kier molecular flexibility index (Phi) is 4.80. The first-order valence-electron chi connectivity index (χ1n) is 11.7. The van der Waals surface area contributed by atoms with Crippen molar-refractivity contribution in [2.45, 2.75) is 25.7 Å². The van der Waals surface area contributed by atoms with Gasteiger partial charge in [-0.2, -0.15) is 5.10 Å². The first-order valence-corrected chi connectivity index (χ1v) is 11.7. The molecule has 2 atom stereocenters. The maximum absolute atomic E-state index is 12.8. The number of hydrogen-bond acceptors (Lipinski definition) is 7. The van der Waals surface area contributed by atoms with Crippen molar-refractivity contribution in [2.24, 2.45) is 13.0 Å². The number of amides is 1. The molecular weight excluding hydrogens is 440 g/mol. The van der Waals surface area contributed by atoms with E-state index in [9.17, 15) is 4.79 Å². The highest BCUT2D eigenvalue weighted by Crippen LogP contribution is 2.47. The molecule has 9 nitrogen and oxygen atoms in total. The lowest BCUT2D eigenvalue weighted by atomic mass is 10.0. The summed E-state index contributed by atoms with van der Waals surface area (Å²) in [5, 5.41) is 8.77. The molecule has 2 fully saturated rings. The SMILES string of the molecule is C=C1CCN1c1cc(C)c(-c2cc3cc(NC(=O)[C@@H]4C[C@H]4c4cnn(C)c4)ncc3c(N)n2)cn1. The highest BCUT2D eigenvalue weighted by molar-refractivity contribution is 5.98. The van der Waals surface area contributed by atoms with Gasteiger partial charge in [-0.25, -0.2) is 15.0 Å². The van der Waals surface area contributed by atoms with E-state index in [1.807, 2.05) is 50.8 Å². The molecule has 176 valence electrons. The average molecular weight is 467 g/mol. The maximum Gasteiger partial charge on any atom is 0.229 e. The van der Waals surface area contributed by atoms with Gasteiger partial charge in [-0.15, -0.1) is 0 Å². The number of aromatic nitrogens is 5. The molecule has 6 rings (SSSR count). The second-order valence-corrected chi connectivity index (χ2v) is 9.39. The van der Waals surface area contributed by atoms with Gasteiger partial charge in [0.15, 0.2) is 0 Å². The molecule has 4 aromatic rings. The largest absolute Gasteiger partial charge is 0.383 e. The van der Waals surface area contributed by atoms with Crippen molar-refractivity contribution in [3.8, 4) is 11.3 Å². The molecule has 1 saturated heterocycles. The van der Waals surface area contributed by atoms with Crippen molar-refractivity contribution in [3.63, 3.8) is 0 Å². The van der Waals surface area contributed by atoms with E-state index in [2.05, 4.69) is 36.8 Å². The Morgan fingerprint density at radius 3 is 2.74 bits per heavy atom. The number of aryl methyl sites for hydroxylation is 2. The van der Waals surface area contributed by atoms with Crippen LogP contribution in [0.1, 0.15) is 29.9 Å². The van der Waals surface area contributed by atoms with Gasteiger partial charge in [-0.3, -0.25) is 9.48 Å². The smallest absolute Gasteiger partial charge is 0.229 e. The summed E-state index contributed by atoms with van der Waals surface area (Å²) in [5.74, 6) is 1.90. The molecule has 0 unspecified atom stereocenters. The summed E-state index contributed by atoms with van der Waals surface area (Å²) >= 11 is 0. The third-order valence-corrected chi connectivity index (χ3v) is 6.93. The van der Waals surface area contributed by atoms with Crippen LogP contribution < -0.4 is 16.0 Å². The van der Waals surface area contributed by atoms with E-state index in [0.717, 1.165) is 64.1 Å². The molecule has 1 amide bonds. The normalized spacial score (nSPS) is 19.0. The predicted octanol–water partition coefficient (Wildman–Crippen LogP) is 3.78. The first kappa shape index (κ1) is 21.3. The van der Waals surface area contributed by atoms with Crippen molar-refractivity contribution in [1.29, 1.82) is 0 Å². The third kappa shape index (κ3) is 3.78. The number of carbonyl (C=O) groups excluding carboxylic acids is 1. The standard InChI is InChI=1S/C26H26N8O/c1-14-6-24(34-5-4-15(34)2)29-11-20(14)22-7-16-8-23(28-12-21(16)25(27)31-22)32-26(35)19-9-18(19)17-10-30-33(3)13-17/h6-8,10-13,18-19H,2,4-5,9H2,1,3H3,(H2,27,31)(H,28,32,35)/t18-,19+/m0/s1. The molecule has 35 heavy (non-hydrogen) atoms. The molecule has 0 radical (unpaired) electrons. The number of rotatable bonds is 5. The first-order chi connectivity index (χ1) is 16.9. The van der Waals surface area contributed by atoms with Crippen molar-refractivity contribution in [1.82, 2.24) is 24.7 Å². The quantitative estimate of drug-likeness (QED) is 0.460. The van der Waals surface area contributed by atoms with E-state index in [1.165, 1.54) is 0 Å². The molecule has 2 aliphatic rings. The fraction of sp³-hybridized carbons (Fsp3) is 0.269. The zero-order valence-electron chi connectivity index (χ0n) is 19.7. The number of nitrogens with zero attached hydrogens (tertiary/aromatic N) is 6. The lowest BCUT2D eigenvalue weighted by Gasteiger charge is -2.34. The molecule has 5 heterocycles. The van der Waals surface area contributed by atoms with Crippen molar-refractivity contribution in [2.75, 3.05) is 22.5 Å². The molecular formula is C26H26N8O. The average Bonchev–Trinajstić information content (AvgIpc) is 3.51. The van der Waals surface area contributed by atoms with E-state index in [-0.39, 0.29) is 17.7 Å². The van der Waals surface area contributed by atoms with E-state index >= 15 is 0 Å². The minimum Gasteiger partial charge on any atom is -0.383 e. The number of fused-ring (bicyclic) bond motifs is 1. The van der Waals surface area contributed by atoms with Gasteiger partial charge in [0.25, 0.3) is 0 Å². The summed E-state index contributed by atoms with van der Waals surface area (Å²) in [7, 11) is 1.88. The summed E-state index contributed by atoms with van der Waals surface area (Å²) < 4.78 is 1.76. The summed E-state index contributed by atoms with van der Waals surface area (Å²) in [6, 6.07) is 5.86. The number of nitrogens with one attached hydrogen (secondary N) is 1. The van der Waals surface area contributed by atoms with Crippen LogP contribution in [0.5, 0.6) is 0 Å². The van der Waals surface area contributed by atoms with Crippen LogP contribution in [-0.2, 0) is 11.8 Å². The number of pyridine rings is 3. The van der Waals surface area contributed by atoms with Crippen LogP contribution in [0.3, 0.4) is 0 Å².